The molecule has 0 aliphatic rings. The van der Waals surface area contributed by atoms with Crippen molar-refractivity contribution in [3.63, 3.8) is 0 Å². The molecular weight excluding hydrogens is 220 g/mol. The molecule has 0 amide bonds. The van der Waals surface area contributed by atoms with E-state index in [1.54, 1.807) is 6.92 Å². The topological polar surface area (TPSA) is 44.5 Å². The molecule has 0 spiro atoms. The Morgan fingerprint density at radius 3 is 2.53 bits per heavy atom. The van der Waals surface area contributed by atoms with Crippen molar-refractivity contribution in [2.75, 3.05) is 0 Å². The molecule has 1 aromatic carbocycles. The average molecular weight is 227 g/mol. The lowest BCUT2D eigenvalue weighted by atomic mass is 10.1. The zero-order chi connectivity index (χ0) is 11.0. The number of halogens is 2. The van der Waals surface area contributed by atoms with Gasteiger partial charge in [0.2, 0.25) is 4.77 Å². The third-order valence-corrected chi connectivity index (χ3v) is 2.20. The second-order valence-corrected chi connectivity index (χ2v) is 3.48. The van der Waals surface area contributed by atoms with Crippen LogP contribution >= 0.6 is 12.2 Å². The van der Waals surface area contributed by atoms with Gasteiger partial charge in [-0.1, -0.05) is 0 Å². The zero-order valence-electron chi connectivity index (χ0n) is 7.77. The molecule has 2 aromatic rings. The van der Waals surface area contributed by atoms with E-state index in [0.29, 0.717) is 5.56 Å². The number of aromatic amines is 2. The van der Waals surface area contributed by atoms with Gasteiger partial charge in [-0.2, -0.15) is 4.98 Å². The Morgan fingerprint density at radius 1 is 1.20 bits per heavy atom. The highest BCUT2D eigenvalue weighted by molar-refractivity contribution is 7.71. The van der Waals surface area contributed by atoms with Crippen molar-refractivity contribution in [1.82, 2.24) is 15.2 Å². The Hall–Kier alpha value is -1.56. The van der Waals surface area contributed by atoms with Crippen molar-refractivity contribution >= 4 is 12.2 Å². The number of rotatable bonds is 1. The number of nitrogens with zero attached hydrogens (tertiary/aromatic N) is 1. The summed E-state index contributed by atoms with van der Waals surface area (Å²) in [6.07, 6.45) is 0. The van der Waals surface area contributed by atoms with E-state index in [4.69, 9.17) is 12.2 Å². The van der Waals surface area contributed by atoms with Crippen molar-refractivity contribution in [3.8, 4) is 11.4 Å². The number of H-pyrrole nitrogens is 2. The minimum atomic E-state index is -0.671. The van der Waals surface area contributed by atoms with Crippen LogP contribution in [0.25, 0.3) is 11.4 Å². The number of benzene rings is 1. The molecular formula is C9H7F2N3S. The predicted octanol–water partition coefficient (Wildman–Crippen LogP) is 2.72. The second-order valence-electron chi connectivity index (χ2n) is 3.10. The Balaban J connectivity index is 2.63. The molecule has 0 saturated heterocycles. The molecule has 2 rings (SSSR count). The molecule has 0 fully saturated rings. The van der Waals surface area contributed by atoms with Crippen LogP contribution < -0.4 is 0 Å². The molecule has 1 heterocycles. The van der Waals surface area contributed by atoms with E-state index in [2.05, 4.69) is 15.2 Å². The van der Waals surface area contributed by atoms with E-state index in [1.807, 2.05) is 0 Å². The maximum Gasteiger partial charge on any atom is 0.213 e. The van der Waals surface area contributed by atoms with Crippen LogP contribution in [-0.2, 0) is 0 Å². The van der Waals surface area contributed by atoms with Gasteiger partial charge in [0, 0.05) is 6.07 Å². The normalized spacial score (nSPS) is 10.6. The van der Waals surface area contributed by atoms with Gasteiger partial charge in [-0.3, -0.25) is 10.2 Å². The quantitative estimate of drug-likeness (QED) is 0.736. The minimum Gasteiger partial charge on any atom is -0.282 e. The van der Waals surface area contributed by atoms with Gasteiger partial charge in [0.05, 0.1) is 5.56 Å². The molecule has 0 aliphatic carbocycles. The fraction of sp³-hybridized carbons (Fsp3) is 0.111. The fourth-order valence-electron chi connectivity index (χ4n) is 1.24. The van der Waals surface area contributed by atoms with Gasteiger partial charge in [-0.15, -0.1) is 0 Å². The first-order chi connectivity index (χ1) is 7.08. The lowest BCUT2D eigenvalue weighted by molar-refractivity contribution is 0.579. The van der Waals surface area contributed by atoms with Crippen LogP contribution in [0.4, 0.5) is 8.78 Å². The van der Waals surface area contributed by atoms with Gasteiger partial charge < -0.3 is 0 Å². The predicted molar refractivity (Wildman–Crippen MR) is 53.9 cm³/mol. The number of aryl methyl sites for hydroxylation is 1. The van der Waals surface area contributed by atoms with Crippen molar-refractivity contribution in [2.45, 2.75) is 6.92 Å². The first kappa shape index (κ1) is 9.97. The first-order valence-electron chi connectivity index (χ1n) is 4.18. The second kappa shape index (κ2) is 3.54. The summed E-state index contributed by atoms with van der Waals surface area (Å²) in [4.78, 5) is 3.85. The molecule has 2 N–H and O–H groups in total. The Morgan fingerprint density at radius 2 is 1.93 bits per heavy atom. The maximum absolute atomic E-state index is 13.4. The summed E-state index contributed by atoms with van der Waals surface area (Å²) in [7, 11) is 0. The Bertz CT molecular complexity index is 559. The van der Waals surface area contributed by atoms with Crippen molar-refractivity contribution in [3.05, 3.63) is 34.1 Å². The summed E-state index contributed by atoms with van der Waals surface area (Å²) in [6.45, 7) is 1.56. The Labute approximate surface area is 89.2 Å². The van der Waals surface area contributed by atoms with Crippen LogP contribution in [0.5, 0.6) is 0 Å². The summed E-state index contributed by atoms with van der Waals surface area (Å²) in [6, 6.07) is 2.21. The van der Waals surface area contributed by atoms with Crippen LogP contribution in [0.1, 0.15) is 5.56 Å². The molecule has 0 aliphatic heterocycles. The van der Waals surface area contributed by atoms with Crippen molar-refractivity contribution in [1.29, 1.82) is 0 Å². The van der Waals surface area contributed by atoms with E-state index in [-0.39, 0.29) is 16.2 Å². The van der Waals surface area contributed by atoms with E-state index in [9.17, 15) is 8.78 Å². The summed E-state index contributed by atoms with van der Waals surface area (Å²) in [5.41, 5.74) is 0.551. The molecule has 78 valence electrons. The molecule has 0 radical (unpaired) electrons. The lowest BCUT2D eigenvalue weighted by Gasteiger charge is -2.01. The van der Waals surface area contributed by atoms with Gasteiger partial charge in [0.1, 0.15) is 11.6 Å². The summed E-state index contributed by atoms with van der Waals surface area (Å²) in [5, 5.41) is 5.15. The molecule has 0 atom stereocenters. The molecule has 15 heavy (non-hydrogen) atoms. The number of aromatic nitrogens is 3. The molecule has 0 unspecified atom stereocenters. The number of hydrogen-bond donors (Lipinski definition) is 2. The number of hydrogen-bond acceptors (Lipinski definition) is 2. The van der Waals surface area contributed by atoms with Gasteiger partial charge in [-0.05, 0) is 30.8 Å². The van der Waals surface area contributed by atoms with Gasteiger partial charge in [0.15, 0.2) is 5.82 Å². The van der Waals surface area contributed by atoms with E-state index in [1.165, 1.54) is 6.07 Å². The largest absolute Gasteiger partial charge is 0.282 e. The van der Waals surface area contributed by atoms with Crippen LogP contribution in [0.15, 0.2) is 12.1 Å². The van der Waals surface area contributed by atoms with Gasteiger partial charge in [0.25, 0.3) is 0 Å². The van der Waals surface area contributed by atoms with Crippen LogP contribution in [0.3, 0.4) is 0 Å². The first-order valence-corrected chi connectivity index (χ1v) is 4.59. The van der Waals surface area contributed by atoms with E-state index < -0.39 is 11.6 Å². The highest BCUT2D eigenvalue weighted by Gasteiger charge is 2.11. The third kappa shape index (κ3) is 1.80. The van der Waals surface area contributed by atoms with Crippen LogP contribution in [0.2, 0.25) is 0 Å². The zero-order valence-corrected chi connectivity index (χ0v) is 8.58. The van der Waals surface area contributed by atoms with E-state index >= 15 is 0 Å². The standard InChI is InChI=1S/C9H7F2N3S/c1-4-2-5(7(11)3-6(4)10)8-12-9(15)14-13-8/h2-3H,1H3,(H2,12,13,14,15). The van der Waals surface area contributed by atoms with Gasteiger partial charge >= 0.3 is 0 Å². The number of nitrogens with one attached hydrogen (secondary N) is 2. The molecule has 0 bridgehead atoms. The highest BCUT2D eigenvalue weighted by Crippen LogP contribution is 2.21. The summed E-state index contributed by atoms with van der Waals surface area (Å²) < 4.78 is 26.6. The van der Waals surface area contributed by atoms with Crippen LogP contribution in [-0.4, -0.2) is 15.2 Å². The molecule has 3 nitrogen and oxygen atoms in total. The summed E-state index contributed by atoms with van der Waals surface area (Å²) in [5.74, 6) is -0.984. The lowest BCUT2D eigenvalue weighted by Crippen LogP contribution is -1.91. The third-order valence-electron chi connectivity index (χ3n) is 2.00. The van der Waals surface area contributed by atoms with Gasteiger partial charge in [-0.25, -0.2) is 8.78 Å². The molecule has 1 aromatic heterocycles. The fourth-order valence-corrected chi connectivity index (χ4v) is 1.38. The smallest absolute Gasteiger partial charge is 0.213 e. The average Bonchev–Trinajstić information content (AvgIpc) is 2.58. The van der Waals surface area contributed by atoms with E-state index in [0.717, 1.165) is 6.07 Å². The summed E-state index contributed by atoms with van der Waals surface area (Å²) >= 11 is 4.74. The van der Waals surface area contributed by atoms with Crippen molar-refractivity contribution in [2.24, 2.45) is 0 Å². The van der Waals surface area contributed by atoms with Crippen LogP contribution in [0, 0.1) is 23.3 Å². The molecule has 6 heteroatoms. The molecule has 0 saturated carbocycles. The SMILES string of the molecule is Cc1cc(-c2nc(=S)[nH][nH]2)c(F)cc1F. The van der Waals surface area contributed by atoms with Crippen molar-refractivity contribution < 1.29 is 8.78 Å². The Kier molecular flexibility index (Phi) is 2.36. The monoisotopic (exact) mass is 227 g/mol. The highest BCUT2D eigenvalue weighted by atomic mass is 32.1. The minimum absolute atomic E-state index is 0.196. The maximum atomic E-state index is 13.4.